The number of hydrogen-bond acceptors (Lipinski definition) is 4. The number of nitrogens with one attached hydrogen (secondary N) is 1. The number of benzene rings is 1. The Morgan fingerprint density at radius 3 is 2.95 bits per heavy atom. The third-order valence-corrected chi connectivity index (χ3v) is 3.98. The number of pyridine rings is 1. The van der Waals surface area contributed by atoms with E-state index in [1.165, 1.54) is 6.20 Å². The van der Waals surface area contributed by atoms with Crippen LogP contribution >= 0.6 is 11.6 Å². The monoisotopic (exact) mass is 338 g/mol. The zero-order valence-electron chi connectivity index (χ0n) is 9.50. The van der Waals surface area contributed by atoms with Crippen LogP contribution in [-0.2, 0) is 0 Å². The van der Waals surface area contributed by atoms with E-state index in [0.29, 0.717) is 11.3 Å². The summed E-state index contributed by atoms with van der Waals surface area (Å²) in [5.74, 6) is -0.305. The van der Waals surface area contributed by atoms with Crippen molar-refractivity contribution < 1.29 is 4.79 Å². The molecular formula is C12H7ClN4OSe. The van der Waals surface area contributed by atoms with Gasteiger partial charge in [-0.05, 0) is 0 Å². The van der Waals surface area contributed by atoms with Crippen molar-refractivity contribution in [1.29, 1.82) is 0 Å². The second-order valence-electron chi connectivity index (χ2n) is 3.73. The van der Waals surface area contributed by atoms with Crippen LogP contribution in [0.5, 0.6) is 0 Å². The van der Waals surface area contributed by atoms with Crippen molar-refractivity contribution in [2.45, 2.75) is 0 Å². The van der Waals surface area contributed by atoms with E-state index in [0.717, 1.165) is 11.0 Å². The van der Waals surface area contributed by atoms with Crippen LogP contribution in [0.1, 0.15) is 10.4 Å². The van der Waals surface area contributed by atoms with Crippen molar-refractivity contribution in [1.82, 2.24) is 12.9 Å². The molecule has 1 aromatic carbocycles. The molecule has 7 heteroatoms. The quantitative estimate of drug-likeness (QED) is 0.573. The number of aromatic nitrogens is 3. The Kier molecular flexibility index (Phi) is 3.29. The van der Waals surface area contributed by atoms with Crippen molar-refractivity contribution in [3.63, 3.8) is 0 Å². The Hall–Kier alpha value is -1.75. The molecule has 1 amide bonds. The zero-order chi connectivity index (χ0) is 13.2. The number of fused-ring (bicyclic) bond motifs is 1. The number of amides is 1. The fourth-order valence-electron chi connectivity index (χ4n) is 1.65. The van der Waals surface area contributed by atoms with E-state index in [2.05, 4.69) is 18.3 Å². The van der Waals surface area contributed by atoms with E-state index in [-0.39, 0.29) is 26.0 Å². The summed E-state index contributed by atoms with van der Waals surface area (Å²) in [7, 11) is 0. The molecular weight excluding hydrogens is 331 g/mol. The van der Waals surface area contributed by atoms with Crippen LogP contribution in [0.2, 0.25) is 5.15 Å². The van der Waals surface area contributed by atoms with E-state index in [1.54, 1.807) is 18.2 Å². The minimum atomic E-state index is -0.305. The number of carbonyl (C=O) groups excluding carboxylic acids is 1. The Bertz CT molecular complexity index is 758. The van der Waals surface area contributed by atoms with Crippen LogP contribution in [0.4, 0.5) is 5.69 Å². The van der Waals surface area contributed by atoms with Gasteiger partial charge in [0.05, 0.1) is 0 Å². The molecule has 0 unspecified atom stereocenters. The van der Waals surface area contributed by atoms with Crippen molar-refractivity contribution >= 4 is 49.2 Å². The number of halogens is 1. The maximum atomic E-state index is 12.1. The SMILES string of the molecule is O=C(Nc1cccc2n[se]nc12)c1cccnc1Cl. The third kappa shape index (κ3) is 2.38. The molecule has 0 saturated carbocycles. The number of hydrogen-bond donors (Lipinski definition) is 1. The van der Waals surface area contributed by atoms with Crippen molar-refractivity contribution in [3.8, 4) is 0 Å². The van der Waals surface area contributed by atoms with Gasteiger partial charge in [0.15, 0.2) is 0 Å². The molecule has 2 heterocycles. The van der Waals surface area contributed by atoms with Crippen molar-refractivity contribution in [2.24, 2.45) is 0 Å². The van der Waals surface area contributed by atoms with E-state index in [9.17, 15) is 4.79 Å². The summed E-state index contributed by atoms with van der Waals surface area (Å²) < 4.78 is 8.56. The molecule has 0 aliphatic rings. The van der Waals surface area contributed by atoms with Gasteiger partial charge in [-0.15, -0.1) is 0 Å². The first kappa shape index (κ1) is 12.3. The Balaban J connectivity index is 1.95. The molecule has 0 spiro atoms. The zero-order valence-corrected chi connectivity index (χ0v) is 12.0. The fourth-order valence-corrected chi connectivity index (χ4v) is 3.01. The molecule has 1 N–H and O–H groups in total. The summed E-state index contributed by atoms with van der Waals surface area (Å²) in [6.45, 7) is 0. The van der Waals surface area contributed by atoms with Gasteiger partial charge in [-0.3, -0.25) is 0 Å². The molecule has 2 aromatic heterocycles. The van der Waals surface area contributed by atoms with Crippen LogP contribution in [0.25, 0.3) is 11.0 Å². The molecule has 0 fully saturated rings. The maximum absolute atomic E-state index is 12.1. The summed E-state index contributed by atoms with van der Waals surface area (Å²) in [6, 6.07) is 8.79. The minimum absolute atomic E-state index is 0.130. The van der Waals surface area contributed by atoms with Crippen LogP contribution in [0, 0.1) is 0 Å². The van der Waals surface area contributed by atoms with Gasteiger partial charge in [0, 0.05) is 0 Å². The first-order chi connectivity index (χ1) is 9.25. The number of anilines is 1. The van der Waals surface area contributed by atoms with Gasteiger partial charge in [-0.2, -0.15) is 0 Å². The number of nitrogens with zero attached hydrogens (tertiary/aromatic N) is 3. The predicted octanol–water partition coefficient (Wildman–Crippen LogP) is 1.99. The number of rotatable bonds is 2. The molecule has 19 heavy (non-hydrogen) atoms. The van der Waals surface area contributed by atoms with Crippen molar-refractivity contribution in [3.05, 3.63) is 47.2 Å². The average Bonchev–Trinajstić information content (AvgIpc) is 2.88. The fraction of sp³-hybridized carbons (Fsp3) is 0. The van der Waals surface area contributed by atoms with Gasteiger partial charge in [0.1, 0.15) is 0 Å². The Morgan fingerprint density at radius 2 is 2.11 bits per heavy atom. The Morgan fingerprint density at radius 1 is 1.21 bits per heavy atom. The summed E-state index contributed by atoms with van der Waals surface area (Å²) in [6.07, 6.45) is 1.54. The molecule has 5 nitrogen and oxygen atoms in total. The molecule has 0 aliphatic heterocycles. The summed E-state index contributed by atoms with van der Waals surface area (Å²) in [5.41, 5.74) is 2.53. The first-order valence-electron chi connectivity index (χ1n) is 5.39. The first-order valence-corrected chi connectivity index (χ1v) is 7.30. The summed E-state index contributed by atoms with van der Waals surface area (Å²) in [5, 5.41) is 2.97. The molecule has 0 radical (unpaired) electrons. The van der Waals surface area contributed by atoms with Gasteiger partial charge in [0.2, 0.25) is 0 Å². The molecule has 3 rings (SSSR count). The average molecular weight is 338 g/mol. The van der Waals surface area contributed by atoms with Gasteiger partial charge < -0.3 is 0 Å². The molecule has 94 valence electrons. The van der Waals surface area contributed by atoms with E-state index >= 15 is 0 Å². The topological polar surface area (TPSA) is 67.8 Å². The summed E-state index contributed by atoms with van der Waals surface area (Å²) >= 11 is 5.76. The van der Waals surface area contributed by atoms with Gasteiger partial charge in [0.25, 0.3) is 0 Å². The van der Waals surface area contributed by atoms with Crippen LogP contribution < -0.4 is 5.32 Å². The summed E-state index contributed by atoms with van der Waals surface area (Å²) in [4.78, 5) is 16.0. The van der Waals surface area contributed by atoms with Gasteiger partial charge in [-0.25, -0.2) is 0 Å². The second-order valence-corrected chi connectivity index (χ2v) is 5.20. The number of carbonyl (C=O) groups is 1. The molecule has 0 bridgehead atoms. The second kappa shape index (κ2) is 5.09. The van der Waals surface area contributed by atoms with Gasteiger partial charge in [-0.1, -0.05) is 0 Å². The van der Waals surface area contributed by atoms with E-state index < -0.39 is 0 Å². The van der Waals surface area contributed by atoms with Crippen LogP contribution in [0.15, 0.2) is 36.5 Å². The standard InChI is InChI=1S/C12H7ClN4OSe/c13-11-7(3-2-6-14-11)12(18)15-8-4-1-5-9-10(8)17-19-16-9/h1-6H,(H,15,18). The molecule has 0 saturated heterocycles. The van der Waals surface area contributed by atoms with Crippen molar-refractivity contribution in [2.75, 3.05) is 5.32 Å². The normalized spacial score (nSPS) is 10.6. The van der Waals surface area contributed by atoms with Crippen LogP contribution in [-0.4, -0.2) is 33.8 Å². The van der Waals surface area contributed by atoms with Gasteiger partial charge >= 0.3 is 119 Å². The molecule has 3 aromatic rings. The van der Waals surface area contributed by atoms with E-state index in [4.69, 9.17) is 11.6 Å². The predicted molar refractivity (Wildman–Crippen MR) is 73.7 cm³/mol. The molecule has 0 atom stereocenters. The third-order valence-electron chi connectivity index (χ3n) is 2.54. The Labute approximate surface area is 119 Å². The van der Waals surface area contributed by atoms with E-state index in [1.807, 2.05) is 12.1 Å². The van der Waals surface area contributed by atoms with Crippen LogP contribution in [0.3, 0.4) is 0 Å². The molecule has 0 aliphatic carbocycles.